The average Bonchev–Trinajstić information content (AvgIpc) is 3.78. The SMILES string of the molecule is CC[C@H](Cc1ccccc1)C(=O)N[C@H]1CSSC[C@@H](C(=O)N[C@H](C(=O)O)[C@@H](C)O)NC(=O)[C@H]([C@@H](C)O)NC(=O)[C@H](CCCCN)NC(=O)[C@@H](Cc2c[nH]c3ccccc23)NC(=O)[C@H](Cc2ccc(O)cc2)CC1=O. The highest BCUT2D eigenvalue weighted by Crippen LogP contribution is 2.27. The number of aromatic amines is 1. The number of rotatable bonds is 18. The molecular weight excluding hydrogens is 993 g/mol. The van der Waals surface area contributed by atoms with Gasteiger partial charge in [-0.1, -0.05) is 89.2 Å². The van der Waals surface area contributed by atoms with E-state index in [9.17, 15) is 58.8 Å². The fourth-order valence-electron chi connectivity index (χ4n) is 8.42. The zero-order chi connectivity index (χ0) is 53.9. The van der Waals surface area contributed by atoms with E-state index in [0.717, 1.165) is 45.0 Å². The van der Waals surface area contributed by atoms with Crippen LogP contribution in [0, 0.1) is 11.8 Å². The summed E-state index contributed by atoms with van der Waals surface area (Å²) in [5, 5.41) is 57.5. The molecule has 4 aromatic rings. The van der Waals surface area contributed by atoms with Gasteiger partial charge in [-0.05, 0) is 93.8 Å². The van der Waals surface area contributed by atoms with E-state index in [1.807, 2.05) is 61.5 Å². The van der Waals surface area contributed by atoms with Gasteiger partial charge in [-0.3, -0.25) is 33.6 Å². The summed E-state index contributed by atoms with van der Waals surface area (Å²) < 4.78 is 0. The van der Waals surface area contributed by atoms with Crippen LogP contribution in [0.4, 0.5) is 0 Å². The third kappa shape index (κ3) is 17.3. The number of amides is 6. The van der Waals surface area contributed by atoms with Gasteiger partial charge in [0.2, 0.25) is 35.4 Å². The molecule has 22 heteroatoms. The van der Waals surface area contributed by atoms with Gasteiger partial charge in [0.25, 0.3) is 0 Å². The molecule has 2 heterocycles. The number of H-pyrrole nitrogens is 1. The molecule has 6 amide bonds. The molecule has 1 fully saturated rings. The molecule has 0 spiro atoms. The first kappa shape index (κ1) is 58.4. The zero-order valence-corrected chi connectivity index (χ0v) is 43.2. The van der Waals surface area contributed by atoms with Crippen LogP contribution in [0.15, 0.2) is 85.1 Å². The second kappa shape index (κ2) is 28.8. The van der Waals surface area contributed by atoms with Gasteiger partial charge in [0.05, 0.1) is 18.2 Å². The maximum atomic E-state index is 14.9. The van der Waals surface area contributed by atoms with Gasteiger partial charge in [-0.15, -0.1) is 0 Å². The van der Waals surface area contributed by atoms with Crippen molar-refractivity contribution in [2.24, 2.45) is 17.6 Å². The predicted molar refractivity (Wildman–Crippen MR) is 281 cm³/mol. The molecule has 400 valence electrons. The first-order chi connectivity index (χ1) is 35.4. The van der Waals surface area contributed by atoms with Crippen molar-refractivity contribution in [3.05, 3.63) is 102 Å². The number of para-hydroxylation sites is 1. The van der Waals surface area contributed by atoms with Crippen LogP contribution in [0.3, 0.4) is 0 Å². The molecule has 0 unspecified atom stereocenters. The Hall–Kier alpha value is -6.46. The van der Waals surface area contributed by atoms with Crippen molar-refractivity contribution in [2.45, 2.75) is 121 Å². The standard InChI is InChI=1S/C52H68N8O12S2/c1-4-33(22-31-12-6-5-7-13-31)46(65)57-41-27-73-74-28-42(50(69)60-45(30(3)62)52(71)72)58-51(70)44(29(2)61)59-48(67)39(16-10-11-21-53)55-49(68)40(24-35-26-54-38-15-9-8-14-37(35)38)56-47(66)34(25-43(41)64)23-32-17-19-36(63)20-18-32/h5-9,12-15,17-20,26,29-30,33-34,39-42,44-45,54,61-63H,4,10-11,16,21-25,27-28,53H2,1-3H3,(H,55,68)(H,56,66)(H,57,65)(H,58,70)(H,59,67)(H,60,69)(H,71,72)/t29-,30-,33-,34-,39+,40-,41+,42+,44+,45+/m1/s1. The fourth-order valence-corrected chi connectivity index (χ4v) is 10.8. The molecule has 1 aliphatic rings. The maximum Gasteiger partial charge on any atom is 0.328 e. The number of carboxylic acids is 1. The van der Waals surface area contributed by atoms with E-state index in [1.54, 1.807) is 18.3 Å². The molecule has 0 saturated carbocycles. The van der Waals surface area contributed by atoms with Crippen LogP contribution in [-0.2, 0) is 57.6 Å². The number of carboxylic acid groups (broad SMARTS) is 1. The van der Waals surface area contributed by atoms with Crippen LogP contribution in [0.2, 0.25) is 0 Å². The van der Waals surface area contributed by atoms with Gasteiger partial charge in [0, 0.05) is 53.3 Å². The number of aliphatic hydroxyl groups excluding tert-OH is 2. The number of aromatic hydroxyl groups is 1. The molecular formula is C52H68N8O12S2. The number of aliphatic carboxylic acids is 1. The number of nitrogens with one attached hydrogen (secondary N) is 7. The molecule has 20 nitrogen and oxygen atoms in total. The first-order valence-electron chi connectivity index (χ1n) is 24.6. The number of nitrogens with two attached hydrogens (primary N) is 1. The highest BCUT2D eigenvalue weighted by Gasteiger charge is 2.37. The van der Waals surface area contributed by atoms with Crippen molar-refractivity contribution in [3.8, 4) is 5.75 Å². The number of fused-ring (bicyclic) bond motifs is 1. The van der Waals surface area contributed by atoms with Gasteiger partial charge in [-0.25, -0.2) is 4.79 Å². The molecule has 5 rings (SSSR count). The Bertz CT molecular complexity index is 2550. The second-order valence-electron chi connectivity index (χ2n) is 18.5. The molecule has 0 radical (unpaired) electrons. The zero-order valence-electron chi connectivity index (χ0n) is 41.6. The number of phenolic OH excluding ortho intramolecular Hbond substituents is 1. The van der Waals surface area contributed by atoms with E-state index in [1.165, 1.54) is 19.1 Å². The van der Waals surface area contributed by atoms with Crippen molar-refractivity contribution in [3.63, 3.8) is 0 Å². The monoisotopic (exact) mass is 1060 g/mol. The Morgan fingerprint density at radius 1 is 0.770 bits per heavy atom. The Morgan fingerprint density at radius 3 is 2.09 bits per heavy atom. The minimum atomic E-state index is -1.80. The number of carbonyl (C=O) groups excluding carboxylic acids is 7. The summed E-state index contributed by atoms with van der Waals surface area (Å²) >= 11 is 0. The molecule has 3 aromatic carbocycles. The number of hydrogen-bond acceptors (Lipinski definition) is 14. The predicted octanol–water partition coefficient (Wildman–Crippen LogP) is 1.78. The van der Waals surface area contributed by atoms with Crippen LogP contribution in [0.1, 0.15) is 69.6 Å². The Labute approximate surface area is 437 Å². The lowest BCUT2D eigenvalue weighted by Crippen LogP contribution is -2.62. The van der Waals surface area contributed by atoms with Crippen molar-refractivity contribution in [1.82, 2.24) is 36.9 Å². The lowest BCUT2D eigenvalue weighted by atomic mass is 9.90. The third-order valence-corrected chi connectivity index (χ3v) is 15.2. The van der Waals surface area contributed by atoms with Crippen LogP contribution >= 0.6 is 21.6 Å². The molecule has 1 saturated heterocycles. The van der Waals surface area contributed by atoms with Crippen molar-refractivity contribution in [2.75, 3.05) is 18.1 Å². The molecule has 74 heavy (non-hydrogen) atoms. The highest BCUT2D eigenvalue weighted by atomic mass is 33.1. The molecule has 0 bridgehead atoms. The summed E-state index contributed by atoms with van der Waals surface area (Å²) in [4.78, 5) is 116. The van der Waals surface area contributed by atoms with Crippen molar-refractivity contribution in [1.29, 1.82) is 0 Å². The van der Waals surface area contributed by atoms with E-state index in [2.05, 4.69) is 36.9 Å². The van der Waals surface area contributed by atoms with E-state index in [-0.39, 0.29) is 43.1 Å². The van der Waals surface area contributed by atoms with E-state index < -0.39 is 114 Å². The Morgan fingerprint density at radius 2 is 1.43 bits per heavy atom. The second-order valence-corrected chi connectivity index (χ2v) is 21.0. The summed E-state index contributed by atoms with van der Waals surface area (Å²) in [6.45, 7) is 4.46. The minimum Gasteiger partial charge on any atom is -0.508 e. The van der Waals surface area contributed by atoms with Gasteiger partial charge in [0.15, 0.2) is 11.8 Å². The molecule has 1 aromatic heterocycles. The first-order valence-corrected chi connectivity index (χ1v) is 27.1. The van der Waals surface area contributed by atoms with Crippen LogP contribution in [-0.4, -0.2) is 139 Å². The summed E-state index contributed by atoms with van der Waals surface area (Å²) in [6, 6.07) is 13.6. The summed E-state index contributed by atoms with van der Waals surface area (Å²) in [6.07, 6.45) is -0.500. The summed E-state index contributed by atoms with van der Waals surface area (Å²) in [5.74, 6) is -9.22. The number of phenols is 1. The van der Waals surface area contributed by atoms with E-state index >= 15 is 0 Å². The number of aromatic nitrogens is 1. The largest absolute Gasteiger partial charge is 0.508 e. The van der Waals surface area contributed by atoms with E-state index in [4.69, 9.17) is 5.73 Å². The lowest BCUT2D eigenvalue weighted by molar-refractivity contribution is -0.145. The van der Waals surface area contributed by atoms with Crippen LogP contribution in [0.25, 0.3) is 10.9 Å². The molecule has 10 atom stereocenters. The molecule has 0 aliphatic carbocycles. The van der Waals surface area contributed by atoms with Gasteiger partial charge >= 0.3 is 5.97 Å². The number of carbonyl (C=O) groups is 8. The Balaban J connectivity index is 1.59. The van der Waals surface area contributed by atoms with Crippen molar-refractivity contribution < 1.29 is 58.8 Å². The summed E-state index contributed by atoms with van der Waals surface area (Å²) in [5.41, 5.74) is 8.64. The fraction of sp³-hybridized carbons (Fsp3) is 0.462. The number of unbranched alkanes of at least 4 members (excludes halogenated alkanes) is 1. The van der Waals surface area contributed by atoms with Crippen LogP contribution < -0.4 is 37.6 Å². The third-order valence-electron chi connectivity index (χ3n) is 12.7. The van der Waals surface area contributed by atoms with E-state index in [0.29, 0.717) is 36.8 Å². The number of aliphatic hydroxyl groups is 2. The topological polar surface area (TPSA) is 331 Å². The maximum absolute atomic E-state index is 14.9. The quantitative estimate of drug-likeness (QED) is 0.0499. The van der Waals surface area contributed by atoms with Gasteiger partial charge in [0.1, 0.15) is 29.9 Å². The molecule has 1 aliphatic heterocycles. The van der Waals surface area contributed by atoms with Crippen molar-refractivity contribution >= 4 is 79.7 Å². The average molecular weight is 1060 g/mol. The molecule has 13 N–H and O–H groups in total. The van der Waals surface area contributed by atoms with Crippen LogP contribution in [0.5, 0.6) is 5.75 Å². The highest BCUT2D eigenvalue weighted by molar-refractivity contribution is 8.76. The summed E-state index contributed by atoms with van der Waals surface area (Å²) in [7, 11) is 2.01. The number of ketones is 1. The number of Topliss-reactive ketones (excluding diaryl/α,β-unsaturated/α-hetero) is 1. The minimum absolute atomic E-state index is 0.000807. The normalized spacial score (nSPS) is 22.4. The Kier molecular flexibility index (Phi) is 22.8. The number of benzene rings is 3. The van der Waals surface area contributed by atoms with Gasteiger partial charge in [-0.2, -0.15) is 0 Å². The lowest BCUT2D eigenvalue weighted by Gasteiger charge is -2.29. The smallest absolute Gasteiger partial charge is 0.328 e. The van der Waals surface area contributed by atoms with Gasteiger partial charge < -0.3 is 63.0 Å². The number of hydrogen-bond donors (Lipinski definition) is 12.